The molecule has 0 aliphatic rings. The fourth-order valence-electron chi connectivity index (χ4n) is 5.18. The highest BCUT2D eigenvalue weighted by Crippen LogP contribution is 2.37. The predicted molar refractivity (Wildman–Crippen MR) is 150 cm³/mol. The third-order valence-electron chi connectivity index (χ3n) is 6.93. The van der Waals surface area contributed by atoms with Gasteiger partial charge in [-0.3, -0.25) is 4.79 Å². The smallest absolute Gasteiger partial charge is 0.261 e. The van der Waals surface area contributed by atoms with E-state index >= 15 is 0 Å². The summed E-state index contributed by atoms with van der Waals surface area (Å²) >= 11 is 0. The second-order valence-electron chi connectivity index (χ2n) is 10.2. The van der Waals surface area contributed by atoms with Crippen molar-refractivity contribution in [3.05, 3.63) is 114 Å². The van der Waals surface area contributed by atoms with Gasteiger partial charge in [0.2, 0.25) is 0 Å². The zero-order valence-electron chi connectivity index (χ0n) is 21.7. The highest BCUT2D eigenvalue weighted by Gasteiger charge is 2.49. The molecule has 0 aliphatic heterocycles. The highest BCUT2D eigenvalue weighted by molar-refractivity contribution is 6.99. The van der Waals surface area contributed by atoms with E-state index in [4.69, 9.17) is 4.43 Å². The summed E-state index contributed by atoms with van der Waals surface area (Å²) in [6, 6.07) is 30.9. The minimum Gasteiger partial charge on any atom is -0.407 e. The van der Waals surface area contributed by atoms with Crippen molar-refractivity contribution in [3.8, 4) is 6.07 Å². The second kappa shape index (κ2) is 11.5. The number of nitriles is 1. The molecule has 4 rings (SSSR count). The molecule has 0 N–H and O–H groups in total. The van der Waals surface area contributed by atoms with E-state index in [9.17, 15) is 10.1 Å². The van der Waals surface area contributed by atoms with E-state index in [0.717, 1.165) is 24.7 Å². The molecule has 1 unspecified atom stereocenters. The van der Waals surface area contributed by atoms with E-state index in [0.29, 0.717) is 17.9 Å². The van der Waals surface area contributed by atoms with Crippen LogP contribution >= 0.6 is 0 Å². The van der Waals surface area contributed by atoms with Crippen molar-refractivity contribution in [3.63, 3.8) is 0 Å². The van der Waals surface area contributed by atoms with Crippen LogP contribution in [0, 0.1) is 11.3 Å². The van der Waals surface area contributed by atoms with Gasteiger partial charge in [-0.1, -0.05) is 93.6 Å². The Morgan fingerprint density at radius 3 is 2.08 bits per heavy atom. The van der Waals surface area contributed by atoms with Crippen LogP contribution in [0.3, 0.4) is 0 Å². The Morgan fingerprint density at radius 2 is 1.57 bits per heavy atom. The quantitative estimate of drug-likeness (QED) is 0.161. The summed E-state index contributed by atoms with van der Waals surface area (Å²) < 4.78 is 8.98. The average Bonchev–Trinajstić information content (AvgIpc) is 3.40. The molecule has 1 atom stereocenters. The van der Waals surface area contributed by atoms with E-state index in [2.05, 4.69) is 80.4 Å². The first-order valence-corrected chi connectivity index (χ1v) is 14.5. The van der Waals surface area contributed by atoms with Crippen LogP contribution in [-0.4, -0.2) is 30.8 Å². The van der Waals surface area contributed by atoms with Crippen molar-refractivity contribution in [2.45, 2.75) is 44.7 Å². The first-order valence-electron chi connectivity index (χ1n) is 12.6. The lowest BCUT2D eigenvalue weighted by molar-refractivity contribution is 0.111. The molecular weight excluding hydrogens is 474 g/mol. The summed E-state index contributed by atoms with van der Waals surface area (Å²) in [6.45, 7) is 7.42. The Kier molecular flexibility index (Phi) is 8.17. The zero-order valence-corrected chi connectivity index (χ0v) is 22.7. The van der Waals surface area contributed by atoms with Crippen molar-refractivity contribution in [1.29, 1.82) is 5.26 Å². The van der Waals surface area contributed by atoms with E-state index in [-0.39, 0.29) is 11.1 Å². The molecule has 6 heteroatoms. The average molecular weight is 508 g/mol. The number of benzene rings is 3. The minimum atomic E-state index is -2.61. The van der Waals surface area contributed by atoms with Crippen molar-refractivity contribution in [1.82, 2.24) is 9.55 Å². The molecule has 3 aromatic carbocycles. The summed E-state index contributed by atoms with van der Waals surface area (Å²) in [5.74, 6) is 0. The molecule has 188 valence electrons. The Morgan fingerprint density at radius 1 is 0.973 bits per heavy atom. The maximum atomic E-state index is 11.7. The molecule has 0 radical (unpaired) electrons. The molecule has 0 bridgehead atoms. The molecule has 1 aromatic heterocycles. The molecule has 0 amide bonds. The maximum Gasteiger partial charge on any atom is 0.261 e. The number of hydrogen-bond acceptors (Lipinski definition) is 4. The Labute approximate surface area is 220 Å². The fourth-order valence-corrected chi connectivity index (χ4v) is 9.78. The monoisotopic (exact) mass is 507 g/mol. The van der Waals surface area contributed by atoms with Gasteiger partial charge in [0.15, 0.2) is 6.29 Å². The standard InChI is InChI=1S/C31H33N3O2Si/c1-31(2,3)37(28-11-6-4-7-12-28,29-13-8-5-9-14-29)36-20-10-15-30(34-24-33-22-27(34)23-35)26-18-16-25(21-32)17-19-26/h4-9,11-14,16-19,22-24,30H,10,15,20H2,1-3H3. The molecule has 37 heavy (non-hydrogen) atoms. The van der Waals surface area contributed by atoms with E-state index in [1.807, 2.05) is 41.0 Å². The van der Waals surface area contributed by atoms with Crippen molar-refractivity contribution < 1.29 is 9.22 Å². The molecule has 5 nitrogen and oxygen atoms in total. The van der Waals surface area contributed by atoms with Gasteiger partial charge in [-0.2, -0.15) is 5.26 Å². The molecule has 0 aliphatic carbocycles. The number of carbonyl (C=O) groups is 1. The summed E-state index contributed by atoms with van der Waals surface area (Å²) in [7, 11) is -2.61. The van der Waals surface area contributed by atoms with Gasteiger partial charge in [0.1, 0.15) is 5.69 Å². The Bertz CT molecular complexity index is 1300. The Hall–Kier alpha value is -3.79. The zero-order chi connectivity index (χ0) is 26.3. The minimum absolute atomic E-state index is 0.0850. The van der Waals surface area contributed by atoms with Crippen LogP contribution in [0.2, 0.25) is 5.04 Å². The molecule has 0 spiro atoms. The molecule has 0 saturated heterocycles. The largest absolute Gasteiger partial charge is 0.407 e. The van der Waals surface area contributed by atoms with Crippen LogP contribution in [0.5, 0.6) is 0 Å². The van der Waals surface area contributed by atoms with Crippen molar-refractivity contribution in [2.24, 2.45) is 0 Å². The number of aromatic nitrogens is 2. The lowest BCUT2D eigenvalue weighted by Gasteiger charge is -2.43. The van der Waals surface area contributed by atoms with Crippen molar-refractivity contribution >= 4 is 25.0 Å². The van der Waals surface area contributed by atoms with Crippen LogP contribution in [0.15, 0.2) is 97.5 Å². The highest BCUT2D eigenvalue weighted by atomic mass is 28.4. The lowest BCUT2D eigenvalue weighted by Crippen LogP contribution is -2.66. The predicted octanol–water partition coefficient (Wildman–Crippen LogP) is 5.51. The van der Waals surface area contributed by atoms with E-state index < -0.39 is 8.32 Å². The van der Waals surface area contributed by atoms with Gasteiger partial charge in [-0.25, -0.2) is 4.98 Å². The third kappa shape index (κ3) is 5.48. The number of rotatable bonds is 10. The number of aldehydes is 1. The van der Waals surface area contributed by atoms with Crippen LogP contribution < -0.4 is 10.4 Å². The van der Waals surface area contributed by atoms with E-state index in [1.165, 1.54) is 10.4 Å². The Balaban J connectivity index is 1.62. The molecule has 0 saturated carbocycles. The van der Waals surface area contributed by atoms with Crippen molar-refractivity contribution in [2.75, 3.05) is 6.61 Å². The van der Waals surface area contributed by atoms with Crippen LogP contribution in [-0.2, 0) is 4.43 Å². The topological polar surface area (TPSA) is 67.9 Å². The molecular formula is C31H33N3O2Si. The maximum absolute atomic E-state index is 11.7. The SMILES string of the molecule is CC(C)(C)[Si](OCCCC(c1ccc(C#N)cc1)n1cncc1C=O)(c1ccccc1)c1ccccc1. The van der Waals surface area contributed by atoms with Gasteiger partial charge in [0, 0.05) is 6.61 Å². The molecule has 4 aromatic rings. The summed E-state index contributed by atoms with van der Waals surface area (Å²) in [6.07, 6.45) is 5.69. The van der Waals surface area contributed by atoms with Gasteiger partial charge in [-0.05, 0) is 45.9 Å². The number of carbonyl (C=O) groups excluding carboxylic acids is 1. The van der Waals surface area contributed by atoms with E-state index in [1.54, 1.807) is 12.5 Å². The molecule has 0 fully saturated rings. The fraction of sp³-hybridized carbons (Fsp3) is 0.258. The third-order valence-corrected chi connectivity index (χ3v) is 12.0. The van der Waals surface area contributed by atoms with Gasteiger partial charge >= 0.3 is 0 Å². The molecule has 1 heterocycles. The lowest BCUT2D eigenvalue weighted by atomic mass is 10.0. The van der Waals surface area contributed by atoms with Crippen LogP contribution in [0.25, 0.3) is 0 Å². The van der Waals surface area contributed by atoms with Gasteiger partial charge in [-0.15, -0.1) is 0 Å². The summed E-state index contributed by atoms with van der Waals surface area (Å²) in [5.41, 5.74) is 2.17. The first kappa shape index (κ1) is 26.3. The second-order valence-corrected chi connectivity index (χ2v) is 14.6. The normalized spacial score (nSPS) is 12.6. The van der Waals surface area contributed by atoms with Crippen LogP contribution in [0.1, 0.15) is 61.3 Å². The number of imidazole rings is 1. The number of nitrogens with zero attached hydrogens (tertiary/aromatic N) is 3. The van der Waals surface area contributed by atoms with Gasteiger partial charge < -0.3 is 8.99 Å². The van der Waals surface area contributed by atoms with Gasteiger partial charge in [0.05, 0.1) is 30.2 Å². The first-order chi connectivity index (χ1) is 17.9. The number of hydrogen-bond donors (Lipinski definition) is 0. The summed E-state index contributed by atoms with van der Waals surface area (Å²) in [4.78, 5) is 15.9. The van der Waals surface area contributed by atoms with Gasteiger partial charge in [0.25, 0.3) is 8.32 Å². The van der Waals surface area contributed by atoms with Crippen LogP contribution in [0.4, 0.5) is 0 Å². The summed E-state index contributed by atoms with van der Waals surface area (Å²) in [5, 5.41) is 11.6.